The van der Waals surface area contributed by atoms with Gasteiger partial charge in [0, 0.05) is 17.8 Å². The number of aromatic nitrogens is 4. The zero-order valence-corrected chi connectivity index (χ0v) is 16.3. The van der Waals surface area contributed by atoms with Gasteiger partial charge in [0.2, 0.25) is 5.95 Å². The van der Waals surface area contributed by atoms with Crippen LogP contribution in [0.2, 0.25) is 0 Å². The van der Waals surface area contributed by atoms with E-state index in [0.29, 0.717) is 31.2 Å². The highest BCUT2D eigenvalue weighted by molar-refractivity contribution is 5.78. The summed E-state index contributed by atoms with van der Waals surface area (Å²) in [5, 5.41) is 3.48. The number of hydrogen-bond acceptors (Lipinski definition) is 6. The Balaban J connectivity index is 1.50. The Hall–Kier alpha value is -3.00. The molecule has 0 aliphatic carbocycles. The quantitative estimate of drug-likeness (QED) is 0.734. The van der Waals surface area contributed by atoms with Crippen LogP contribution in [0.1, 0.15) is 12.8 Å². The summed E-state index contributed by atoms with van der Waals surface area (Å²) in [6.07, 6.45) is 3.91. The number of nitrogens with one attached hydrogen (secondary N) is 1. The molecular weight excluding hydrogens is 371 g/mol. The Labute approximate surface area is 168 Å². The fraction of sp³-hybridized carbons (Fsp3) is 0.381. The summed E-state index contributed by atoms with van der Waals surface area (Å²) in [6.45, 7) is 3.44. The van der Waals surface area contributed by atoms with E-state index in [1.165, 1.54) is 12.1 Å². The van der Waals surface area contributed by atoms with Crippen molar-refractivity contribution >= 4 is 5.95 Å². The maximum absolute atomic E-state index is 13.4. The molecule has 0 spiro atoms. The van der Waals surface area contributed by atoms with E-state index in [-0.39, 0.29) is 5.82 Å². The Morgan fingerprint density at radius 2 is 1.86 bits per heavy atom. The third-order valence-corrected chi connectivity index (χ3v) is 5.55. The molecule has 150 valence electrons. The van der Waals surface area contributed by atoms with Crippen LogP contribution in [0.4, 0.5) is 10.3 Å². The number of hydrogen-bond donors (Lipinski definition) is 1. The molecule has 1 saturated heterocycles. The van der Waals surface area contributed by atoms with Crippen molar-refractivity contribution in [1.82, 2.24) is 24.4 Å². The summed E-state index contributed by atoms with van der Waals surface area (Å²) in [5.41, 5.74) is 3.22. The van der Waals surface area contributed by atoms with Gasteiger partial charge in [0.15, 0.2) is 0 Å². The highest BCUT2D eigenvalue weighted by Gasteiger charge is 2.26. The van der Waals surface area contributed by atoms with Crippen LogP contribution in [-0.4, -0.2) is 57.2 Å². The van der Waals surface area contributed by atoms with Gasteiger partial charge in [0.1, 0.15) is 18.1 Å². The number of ether oxygens (including phenoxy) is 1. The van der Waals surface area contributed by atoms with Crippen LogP contribution in [0, 0.1) is 5.82 Å². The number of nitrogens with zero attached hydrogens (tertiary/aromatic N) is 5. The summed E-state index contributed by atoms with van der Waals surface area (Å²) in [4.78, 5) is 16.2. The van der Waals surface area contributed by atoms with Crippen LogP contribution >= 0.6 is 0 Å². The lowest BCUT2D eigenvalue weighted by atomic mass is 10.1. The number of fused-ring (bicyclic) bond motifs is 1. The minimum atomic E-state index is -0.273. The Morgan fingerprint density at radius 3 is 2.66 bits per heavy atom. The van der Waals surface area contributed by atoms with Crippen molar-refractivity contribution < 1.29 is 9.13 Å². The maximum Gasteiger partial charge on any atom is 0.297 e. The van der Waals surface area contributed by atoms with Crippen LogP contribution in [0.15, 0.2) is 36.5 Å². The minimum absolute atomic E-state index is 0.273. The topological polar surface area (TPSA) is 68.1 Å². The Kier molecular flexibility index (Phi) is 4.63. The molecule has 3 aromatic rings. The summed E-state index contributed by atoms with van der Waals surface area (Å²) >= 11 is 0. The first-order valence-corrected chi connectivity index (χ1v) is 9.95. The number of rotatable bonds is 4. The average molecular weight is 394 g/mol. The molecule has 5 rings (SSSR count). The van der Waals surface area contributed by atoms with Crippen molar-refractivity contribution in [2.75, 3.05) is 32.1 Å². The molecule has 0 amide bonds. The average Bonchev–Trinajstić information content (AvgIpc) is 3.32. The van der Waals surface area contributed by atoms with Gasteiger partial charge in [-0.1, -0.05) is 0 Å². The maximum atomic E-state index is 13.4. The van der Waals surface area contributed by atoms with Crippen molar-refractivity contribution in [2.45, 2.75) is 25.4 Å². The normalized spacial score (nSPS) is 17.2. The standard InChI is InChI=1S/C21H23FN6O/c1-27-10-7-16(8-11-27)24-20-23-9-6-17(25-20)19-18(14-2-4-15(22)5-3-14)26-21-28(19)12-13-29-21/h2-6,9,16H,7-8,10-13H2,1H3,(H,23,24,25). The fourth-order valence-corrected chi connectivity index (χ4v) is 3.94. The molecule has 1 fully saturated rings. The van der Waals surface area contributed by atoms with E-state index in [9.17, 15) is 4.39 Å². The molecule has 1 aromatic carbocycles. The van der Waals surface area contributed by atoms with Crippen molar-refractivity contribution in [2.24, 2.45) is 0 Å². The van der Waals surface area contributed by atoms with Gasteiger partial charge in [-0.15, -0.1) is 0 Å². The minimum Gasteiger partial charge on any atom is -0.463 e. The molecule has 0 atom stereocenters. The molecular formula is C21H23FN6O. The van der Waals surface area contributed by atoms with Gasteiger partial charge >= 0.3 is 0 Å². The van der Waals surface area contributed by atoms with E-state index >= 15 is 0 Å². The third kappa shape index (κ3) is 3.55. The number of anilines is 1. The van der Waals surface area contributed by atoms with Crippen LogP contribution in [0.5, 0.6) is 6.01 Å². The Morgan fingerprint density at radius 1 is 1.07 bits per heavy atom. The van der Waals surface area contributed by atoms with Crippen molar-refractivity contribution in [1.29, 1.82) is 0 Å². The van der Waals surface area contributed by atoms with E-state index in [1.807, 2.05) is 10.6 Å². The predicted octanol–water partition coefficient (Wildman–Crippen LogP) is 3.04. The largest absolute Gasteiger partial charge is 0.463 e. The second-order valence-corrected chi connectivity index (χ2v) is 7.59. The second kappa shape index (κ2) is 7.44. The third-order valence-electron chi connectivity index (χ3n) is 5.55. The highest BCUT2D eigenvalue weighted by atomic mass is 19.1. The van der Waals surface area contributed by atoms with Gasteiger partial charge in [-0.25, -0.2) is 14.4 Å². The number of imidazole rings is 1. The van der Waals surface area contributed by atoms with E-state index in [1.54, 1.807) is 18.3 Å². The smallest absolute Gasteiger partial charge is 0.297 e. The number of likely N-dealkylation sites (tertiary alicyclic amines) is 1. The molecule has 2 aliphatic rings. The van der Waals surface area contributed by atoms with Gasteiger partial charge in [-0.3, -0.25) is 4.57 Å². The van der Waals surface area contributed by atoms with Gasteiger partial charge in [-0.2, -0.15) is 4.98 Å². The van der Waals surface area contributed by atoms with Crippen LogP contribution < -0.4 is 10.1 Å². The molecule has 0 saturated carbocycles. The summed E-state index contributed by atoms with van der Waals surface area (Å²) in [6, 6.07) is 9.18. The predicted molar refractivity (Wildman–Crippen MR) is 108 cm³/mol. The monoisotopic (exact) mass is 394 g/mol. The van der Waals surface area contributed by atoms with Crippen LogP contribution in [0.25, 0.3) is 22.6 Å². The first-order valence-electron chi connectivity index (χ1n) is 9.95. The molecule has 8 heteroatoms. The van der Waals surface area contributed by atoms with Gasteiger partial charge < -0.3 is 15.0 Å². The molecule has 4 heterocycles. The second-order valence-electron chi connectivity index (χ2n) is 7.59. The van der Waals surface area contributed by atoms with Crippen molar-refractivity contribution in [3.05, 3.63) is 42.3 Å². The SMILES string of the molecule is CN1CCC(Nc2nccc(-c3c(-c4ccc(F)cc4)nc4n3CCO4)n2)CC1. The summed E-state index contributed by atoms with van der Waals surface area (Å²) in [5.74, 6) is 0.349. The van der Waals surface area contributed by atoms with E-state index in [4.69, 9.17) is 9.72 Å². The van der Waals surface area contributed by atoms with E-state index in [0.717, 1.165) is 48.6 Å². The van der Waals surface area contributed by atoms with Crippen molar-refractivity contribution in [3.8, 4) is 28.7 Å². The summed E-state index contributed by atoms with van der Waals surface area (Å²) in [7, 11) is 2.15. The molecule has 7 nitrogen and oxygen atoms in total. The van der Waals surface area contributed by atoms with Crippen LogP contribution in [0.3, 0.4) is 0 Å². The molecule has 1 N–H and O–H groups in total. The lowest BCUT2D eigenvalue weighted by molar-refractivity contribution is 0.263. The fourth-order valence-electron chi connectivity index (χ4n) is 3.94. The molecule has 0 bridgehead atoms. The summed E-state index contributed by atoms with van der Waals surface area (Å²) < 4.78 is 21.1. The molecule has 2 aliphatic heterocycles. The number of halogens is 1. The lowest BCUT2D eigenvalue weighted by Gasteiger charge is -2.29. The van der Waals surface area contributed by atoms with Gasteiger partial charge in [-0.05, 0) is 63.3 Å². The highest BCUT2D eigenvalue weighted by Crippen LogP contribution is 2.36. The molecule has 29 heavy (non-hydrogen) atoms. The van der Waals surface area contributed by atoms with Gasteiger partial charge in [0.05, 0.1) is 17.9 Å². The first kappa shape index (κ1) is 18.1. The van der Waals surface area contributed by atoms with E-state index < -0.39 is 0 Å². The molecule has 0 unspecified atom stereocenters. The zero-order chi connectivity index (χ0) is 19.8. The lowest BCUT2D eigenvalue weighted by Crippen LogP contribution is -2.37. The number of benzene rings is 1. The first-order chi connectivity index (χ1) is 14.2. The van der Waals surface area contributed by atoms with Gasteiger partial charge in [0.25, 0.3) is 6.01 Å². The molecule has 2 aromatic heterocycles. The molecule has 0 radical (unpaired) electrons. The zero-order valence-electron chi connectivity index (χ0n) is 16.3. The van der Waals surface area contributed by atoms with Crippen molar-refractivity contribution in [3.63, 3.8) is 0 Å². The number of piperidine rings is 1. The Bertz CT molecular complexity index is 1010. The van der Waals surface area contributed by atoms with Crippen LogP contribution in [-0.2, 0) is 6.54 Å². The van der Waals surface area contributed by atoms with E-state index in [2.05, 4.69) is 27.2 Å².